The molecule has 0 bridgehead atoms. The minimum Gasteiger partial charge on any atom is -0.381 e. The summed E-state index contributed by atoms with van der Waals surface area (Å²) in [5, 5.41) is 4.86. The van der Waals surface area contributed by atoms with E-state index in [1.165, 1.54) is 27.7 Å². The first-order chi connectivity index (χ1) is 10.1. The molecule has 0 aliphatic carbocycles. The number of aromatic nitrogens is 1. The second kappa shape index (κ2) is 5.28. The van der Waals surface area contributed by atoms with Crippen LogP contribution in [0.15, 0.2) is 54.7 Å². The van der Waals surface area contributed by atoms with Crippen molar-refractivity contribution in [1.82, 2.24) is 4.98 Å². The van der Waals surface area contributed by atoms with Gasteiger partial charge >= 0.3 is 0 Å². The Morgan fingerprint density at radius 1 is 0.952 bits per heavy atom. The van der Waals surface area contributed by atoms with Crippen LogP contribution < -0.4 is 5.32 Å². The van der Waals surface area contributed by atoms with Crippen molar-refractivity contribution < 1.29 is 0 Å². The predicted molar refractivity (Wildman–Crippen MR) is 90.8 cm³/mol. The SMILES string of the molecule is CC(C)(C)c1ccccc1NCc1cccc2cc[nH]c12. The summed E-state index contributed by atoms with van der Waals surface area (Å²) < 4.78 is 0. The minimum atomic E-state index is 0.141. The van der Waals surface area contributed by atoms with E-state index in [1.54, 1.807) is 0 Å². The molecule has 3 rings (SSSR count). The molecular formula is C19H22N2. The lowest BCUT2D eigenvalue weighted by Gasteiger charge is -2.23. The van der Waals surface area contributed by atoms with E-state index >= 15 is 0 Å². The Hall–Kier alpha value is -2.22. The third kappa shape index (κ3) is 2.80. The van der Waals surface area contributed by atoms with Crippen LogP contribution in [0.4, 0.5) is 5.69 Å². The van der Waals surface area contributed by atoms with Crippen molar-refractivity contribution in [3.63, 3.8) is 0 Å². The molecule has 3 aromatic rings. The van der Waals surface area contributed by atoms with E-state index in [0.29, 0.717) is 0 Å². The lowest BCUT2D eigenvalue weighted by molar-refractivity contribution is 0.591. The van der Waals surface area contributed by atoms with E-state index in [0.717, 1.165) is 6.54 Å². The van der Waals surface area contributed by atoms with Gasteiger partial charge < -0.3 is 10.3 Å². The van der Waals surface area contributed by atoms with Gasteiger partial charge in [0.2, 0.25) is 0 Å². The molecule has 0 aliphatic rings. The molecule has 0 saturated carbocycles. The van der Waals surface area contributed by atoms with E-state index in [-0.39, 0.29) is 5.41 Å². The first kappa shape index (κ1) is 13.7. The Labute approximate surface area is 126 Å². The fourth-order valence-corrected chi connectivity index (χ4v) is 2.78. The van der Waals surface area contributed by atoms with E-state index in [1.807, 2.05) is 6.20 Å². The smallest absolute Gasteiger partial charge is 0.0504 e. The molecule has 0 amide bonds. The van der Waals surface area contributed by atoms with Crippen molar-refractivity contribution in [2.75, 3.05) is 5.32 Å². The van der Waals surface area contributed by atoms with Crippen LogP contribution in [0.2, 0.25) is 0 Å². The number of benzene rings is 2. The van der Waals surface area contributed by atoms with Crippen molar-refractivity contribution in [2.45, 2.75) is 32.7 Å². The Morgan fingerprint density at radius 2 is 1.76 bits per heavy atom. The molecule has 0 aliphatic heterocycles. The maximum atomic E-state index is 3.60. The van der Waals surface area contributed by atoms with E-state index in [4.69, 9.17) is 0 Å². The summed E-state index contributed by atoms with van der Waals surface area (Å²) in [6, 6.07) is 17.1. The van der Waals surface area contributed by atoms with Gasteiger partial charge in [0.25, 0.3) is 0 Å². The first-order valence-corrected chi connectivity index (χ1v) is 7.44. The Balaban J connectivity index is 1.87. The van der Waals surface area contributed by atoms with Gasteiger partial charge in [-0.05, 0) is 34.1 Å². The molecule has 2 heteroatoms. The van der Waals surface area contributed by atoms with Gasteiger partial charge in [-0.1, -0.05) is 57.2 Å². The summed E-state index contributed by atoms with van der Waals surface area (Å²) in [6.07, 6.45) is 2.00. The number of rotatable bonds is 3. The Morgan fingerprint density at radius 3 is 2.57 bits per heavy atom. The van der Waals surface area contributed by atoms with Crippen molar-refractivity contribution in [1.29, 1.82) is 0 Å². The van der Waals surface area contributed by atoms with Crippen LogP contribution in [0.3, 0.4) is 0 Å². The molecule has 2 nitrogen and oxygen atoms in total. The number of anilines is 1. The molecule has 1 heterocycles. The molecule has 108 valence electrons. The largest absolute Gasteiger partial charge is 0.381 e. The summed E-state index contributed by atoms with van der Waals surface area (Å²) in [5.41, 5.74) is 5.22. The normalized spacial score (nSPS) is 11.8. The Bertz CT molecular complexity index is 747. The fourth-order valence-electron chi connectivity index (χ4n) is 2.78. The van der Waals surface area contributed by atoms with Gasteiger partial charge in [-0.2, -0.15) is 0 Å². The highest BCUT2D eigenvalue weighted by atomic mass is 14.9. The Kier molecular flexibility index (Phi) is 3.46. The molecule has 0 spiro atoms. The molecule has 0 unspecified atom stereocenters. The zero-order valence-corrected chi connectivity index (χ0v) is 12.9. The van der Waals surface area contributed by atoms with Crippen molar-refractivity contribution in [2.24, 2.45) is 0 Å². The van der Waals surface area contributed by atoms with Crippen LogP contribution in [-0.4, -0.2) is 4.98 Å². The van der Waals surface area contributed by atoms with Crippen LogP contribution in [0.25, 0.3) is 10.9 Å². The van der Waals surface area contributed by atoms with Gasteiger partial charge in [-0.25, -0.2) is 0 Å². The molecule has 2 aromatic carbocycles. The topological polar surface area (TPSA) is 27.8 Å². The van der Waals surface area contributed by atoms with Crippen LogP contribution >= 0.6 is 0 Å². The van der Waals surface area contributed by atoms with Crippen molar-refractivity contribution in [3.8, 4) is 0 Å². The maximum absolute atomic E-state index is 3.60. The number of aromatic amines is 1. The van der Waals surface area contributed by atoms with Gasteiger partial charge in [0.1, 0.15) is 0 Å². The van der Waals surface area contributed by atoms with Gasteiger partial charge in [0.15, 0.2) is 0 Å². The molecule has 21 heavy (non-hydrogen) atoms. The second-order valence-electron chi connectivity index (χ2n) is 6.51. The summed E-state index contributed by atoms with van der Waals surface area (Å²) >= 11 is 0. The molecule has 2 N–H and O–H groups in total. The van der Waals surface area contributed by atoms with Crippen molar-refractivity contribution in [3.05, 3.63) is 65.9 Å². The number of fused-ring (bicyclic) bond motifs is 1. The van der Waals surface area contributed by atoms with Gasteiger partial charge in [0.05, 0.1) is 5.52 Å². The summed E-state index contributed by atoms with van der Waals surface area (Å²) in [4.78, 5) is 3.33. The minimum absolute atomic E-state index is 0.141. The number of hydrogen-bond acceptors (Lipinski definition) is 1. The highest BCUT2D eigenvalue weighted by Crippen LogP contribution is 2.29. The molecule has 1 aromatic heterocycles. The third-order valence-corrected chi connectivity index (χ3v) is 3.88. The maximum Gasteiger partial charge on any atom is 0.0504 e. The summed E-state index contributed by atoms with van der Waals surface area (Å²) in [7, 11) is 0. The summed E-state index contributed by atoms with van der Waals surface area (Å²) in [5.74, 6) is 0. The van der Waals surface area contributed by atoms with Gasteiger partial charge in [-0.3, -0.25) is 0 Å². The fraction of sp³-hybridized carbons (Fsp3) is 0.263. The van der Waals surface area contributed by atoms with E-state index in [9.17, 15) is 0 Å². The zero-order valence-electron chi connectivity index (χ0n) is 12.9. The molecule has 0 saturated heterocycles. The lowest BCUT2D eigenvalue weighted by atomic mass is 9.86. The average Bonchev–Trinajstić information content (AvgIpc) is 2.93. The quantitative estimate of drug-likeness (QED) is 0.687. The number of H-pyrrole nitrogens is 1. The second-order valence-corrected chi connectivity index (χ2v) is 6.51. The number of nitrogens with one attached hydrogen (secondary N) is 2. The zero-order chi connectivity index (χ0) is 14.9. The van der Waals surface area contributed by atoms with Gasteiger partial charge in [0, 0.05) is 18.4 Å². The lowest BCUT2D eigenvalue weighted by Crippen LogP contribution is -2.14. The average molecular weight is 278 g/mol. The summed E-state index contributed by atoms with van der Waals surface area (Å²) in [6.45, 7) is 7.57. The first-order valence-electron chi connectivity index (χ1n) is 7.44. The van der Waals surface area contributed by atoms with E-state index in [2.05, 4.69) is 79.6 Å². The third-order valence-electron chi connectivity index (χ3n) is 3.88. The molecule has 0 atom stereocenters. The highest BCUT2D eigenvalue weighted by molar-refractivity contribution is 5.82. The highest BCUT2D eigenvalue weighted by Gasteiger charge is 2.17. The van der Waals surface area contributed by atoms with Crippen LogP contribution in [0.5, 0.6) is 0 Å². The number of hydrogen-bond donors (Lipinski definition) is 2. The van der Waals surface area contributed by atoms with Crippen LogP contribution in [-0.2, 0) is 12.0 Å². The molecule has 0 fully saturated rings. The van der Waals surface area contributed by atoms with E-state index < -0.39 is 0 Å². The standard InChI is InChI=1S/C19H22N2/c1-19(2,3)16-9-4-5-10-17(16)21-13-15-8-6-7-14-11-12-20-18(14)15/h4-12,20-21H,13H2,1-3H3. The van der Waals surface area contributed by atoms with Crippen LogP contribution in [0, 0.1) is 0 Å². The van der Waals surface area contributed by atoms with Crippen molar-refractivity contribution >= 4 is 16.6 Å². The van der Waals surface area contributed by atoms with Crippen LogP contribution in [0.1, 0.15) is 31.9 Å². The molecule has 0 radical (unpaired) electrons. The van der Waals surface area contributed by atoms with Gasteiger partial charge in [-0.15, -0.1) is 0 Å². The molecular weight excluding hydrogens is 256 g/mol. The predicted octanol–water partition coefficient (Wildman–Crippen LogP) is 5.08. The number of para-hydroxylation sites is 2. The monoisotopic (exact) mass is 278 g/mol.